The van der Waals surface area contributed by atoms with Crippen LogP contribution in [0.5, 0.6) is 5.75 Å². The fourth-order valence-corrected chi connectivity index (χ4v) is 3.10. The molecular formula is C22H26ClN3O3. The second kappa shape index (κ2) is 8.33. The number of rotatable bonds is 4. The first kappa shape index (κ1) is 21.0. The summed E-state index contributed by atoms with van der Waals surface area (Å²) in [6.45, 7) is 7.34. The van der Waals surface area contributed by atoms with Gasteiger partial charge in [0.15, 0.2) is 6.10 Å². The van der Waals surface area contributed by atoms with Crippen molar-refractivity contribution in [1.82, 2.24) is 5.32 Å². The Balaban J connectivity index is 1.89. The minimum atomic E-state index is -0.590. The van der Waals surface area contributed by atoms with Crippen molar-refractivity contribution in [2.45, 2.75) is 51.9 Å². The van der Waals surface area contributed by atoms with Crippen molar-refractivity contribution in [2.24, 2.45) is 10.7 Å². The molecular weight excluding hydrogens is 390 g/mol. The normalized spacial score (nSPS) is 16.9. The summed E-state index contributed by atoms with van der Waals surface area (Å²) in [5, 5.41) is 3.63. The highest BCUT2D eigenvalue weighted by molar-refractivity contribution is 6.30. The quantitative estimate of drug-likeness (QED) is 0.742. The number of nitrogens with one attached hydrogen (secondary N) is 1. The van der Waals surface area contributed by atoms with E-state index >= 15 is 0 Å². The van der Waals surface area contributed by atoms with Crippen LogP contribution < -0.4 is 15.8 Å². The van der Waals surface area contributed by atoms with Crippen molar-refractivity contribution in [3.63, 3.8) is 0 Å². The van der Waals surface area contributed by atoms with Crippen molar-refractivity contribution in [2.75, 3.05) is 0 Å². The number of nitrogens with zero attached hydrogens (tertiary/aromatic N) is 1. The van der Waals surface area contributed by atoms with Gasteiger partial charge in [-0.1, -0.05) is 29.8 Å². The summed E-state index contributed by atoms with van der Waals surface area (Å²) >= 11 is 6.00. The maximum Gasteiger partial charge on any atom is 0.408 e. The van der Waals surface area contributed by atoms with Crippen LogP contribution in [0.1, 0.15) is 44.9 Å². The molecule has 0 aromatic heterocycles. The molecule has 1 aliphatic rings. The van der Waals surface area contributed by atoms with Gasteiger partial charge in [-0.3, -0.25) is 0 Å². The summed E-state index contributed by atoms with van der Waals surface area (Å²) in [4.78, 5) is 16.9. The summed E-state index contributed by atoms with van der Waals surface area (Å²) in [6.07, 6.45) is -0.189. The van der Waals surface area contributed by atoms with Gasteiger partial charge in [-0.25, -0.2) is 9.79 Å². The highest BCUT2D eigenvalue weighted by Crippen LogP contribution is 2.35. The van der Waals surface area contributed by atoms with Gasteiger partial charge >= 0.3 is 6.09 Å². The summed E-state index contributed by atoms with van der Waals surface area (Å²) in [6, 6.07) is 12.8. The smallest absolute Gasteiger partial charge is 0.408 e. The number of alkyl carbamates (subject to hydrolysis) is 1. The van der Waals surface area contributed by atoms with Crippen LogP contribution in [-0.4, -0.2) is 23.6 Å². The van der Waals surface area contributed by atoms with Crippen LogP contribution >= 0.6 is 11.6 Å². The topological polar surface area (TPSA) is 85.9 Å². The Kier molecular flexibility index (Phi) is 6.03. The molecule has 3 rings (SSSR count). The zero-order valence-corrected chi connectivity index (χ0v) is 17.8. The Hall–Kier alpha value is -2.73. The summed E-state index contributed by atoms with van der Waals surface area (Å²) in [7, 11) is 0. The molecule has 2 unspecified atom stereocenters. The number of carbonyl (C=O) groups is 1. The first-order chi connectivity index (χ1) is 13.6. The average Bonchev–Trinajstić information content (AvgIpc) is 2.62. The third-order valence-corrected chi connectivity index (χ3v) is 4.65. The number of ether oxygens (including phenoxy) is 2. The largest absolute Gasteiger partial charge is 0.481 e. The van der Waals surface area contributed by atoms with Crippen LogP contribution in [-0.2, 0) is 11.2 Å². The van der Waals surface area contributed by atoms with Gasteiger partial charge in [0, 0.05) is 5.02 Å². The Morgan fingerprint density at radius 1 is 1.28 bits per heavy atom. The lowest BCUT2D eigenvalue weighted by molar-refractivity contribution is 0.0503. The lowest BCUT2D eigenvalue weighted by atomic mass is 9.98. The van der Waals surface area contributed by atoms with Crippen LogP contribution in [0.2, 0.25) is 5.02 Å². The van der Waals surface area contributed by atoms with E-state index in [0.717, 1.165) is 11.1 Å². The van der Waals surface area contributed by atoms with Crippen molar-refractivity contribution in [3.05, 3.63) is 58.6 Å². The van der Waals surface area contributed by atoms with Crippen molar-refractivity contribution in [1.29, 1.82) is 0 Å². The lowest BCUT2D eigenvalue weighted by Gasteiger charge is -2.26. The molecule has 0 radical (unpaired) electrons. The maximum absolute atomic E-state index is 12.4. The van der Waals surface area contributed by atoms with E-state index in [0.29, 0.717) is 28.7 Å². The van der Waals surface area contributed by atoms with Gasteiger partial charge < -0.3 is 20.5 Å². The van der Waals surface area contributed by atoms with Crippen LogP contribution in [0.15, 0.2) is 47.5 Å². The van der Waals surface area contributed by atoms with Crippen LogP contribution in [0.4, 0.5) is 10.5 Å². The van der Waals surface area contributed by atoms with Gasteiger partial charge in [0.25, 0.3) is 0 Å². The number of benzene rings is 2. The summed E-state index contributed by atoms with van der Waals surface area (Å²) in [5.41, 5.74) is 7.89. The molecule has 7 heteroatoms. The van der Waals surface area contributed by atoms with E-state index in [9.17, 15) is 4.79 Å². The third-order valence-electron chi connectivity index (χ3n) is 4.40. The standard InChI is InChI=1S/C22H26ClN3O3/c1-13-20(24)25-18-12-15(7-10-19(18)28-13)17(26-21(27)29-22(2,3)4)11-14-5-8-16(23)9-6-14/h5-10,12-13,17H,11H2,1-4H3,(H2,24,25)(H,26,27). The second-order valence-electron chi connectivity index (χ2n) is 8.05. The molecule has 6 nitrogen and oxygen atoms in total. The first-order valence-electron chi connectivity index (χ1n) is 9.49. The Morgan fingerprint density at radius 2 is 1.97 bits per heavy atom. The number of halogens is 1. The Bertz CT molecular complexity index is 920. The van der Waals surface area contributed by atoms with Gasteiger partial charge in [-0.2, -0.15) is 0 Å². The van der Waals surface area contributed by atoms with Gasteiger partial charge in [-0.05, 0) is 69.5 Å². The monoisotopic (exact) mass is 415 g/mol. The zero-order chi connectivity index (χ0) is 21.2. The molecule has 2 aromatic carbocycles. The molecule has 29 heavy (non-hydrogen) atoms. The number of fused-ring (bicyclic) bond motifs is 1. The van der Waals surface area contributed by atoms with Gasteiger partial charge in [0.05, 0.1) is 6.04 Å². The van der Waals surface area contributed by atoms with Gasteiger partial charge in [0.1, 0.15) is 22.9 Å². The van der Waals surface area contributed by atoms with Crippen molar-refractivity contribution in [3.8, 4) is 5.75 Å². The molecule has 0 aliphatic carbocycles. The number of carbonyl (C=O) groups excluding carboxylic acids is 1. The highest BCUT2D eigenvalue weighted by atomic mass is 35.5. The summed E-state index contributed by atoms with van der Waals surface area (Å²) < 4.78 is 11.2. The minimum absolute atomic E-state index is 0.266. The van der Waals surface area contributed by atoms with Gasteiger partial charge in [-0.15, -0.1) is 0 Å². The van der Waals surface area contributed by atoms with E-state index in [-0.39, 0.29) is 12.1 Å². The van der Waals surface area contributed by atoms with Crippen molar-refractivity contribution >= 4 is 29.2 Å². The SMILES string of the molecule is CC1Oc2ccc(C(Cc3ccc(Cl)cc3)NC(=O)OC(C)(C)C)cc2N=C1N. The van der Waals surface area contributed by atoms with E-state index in [1.165, 1.54) is 0 Å². The zero-order valence-electron chi connectivity index (χ0n) is 17.0. The minimum Gasteiger partial charge on any atom is -0.481 e. The second-order valence-corrected chi connectivity index (χ2v) is 8.49. The average molecular weight is 416 g/mol. The molecule has 1 heterocycles. The van der Waals surface area contributed by atoms with Crippen LogP contribution in [0, 0.1) is 0 Å². The first-order valence-corrected chi connectivity index (χ1v) is 9.87. The molecule has 0 saturated carbocycles. The molecule has 0 bridgehead atoms. The van der Waals surface area contributed by atoms with E-state index < -0.39 is 11.7 Å². The number of amides is 1. The molecule has 0 spiro atoms. The molecule has 2 atom stereocenters. The molecule has 1 amide bonds. The van der Waals surface area contributed by atoms with Gasteiger partial charge in [0.2, 0.25) is 0 Å². The lowest BCUT2D eigenvalue weighted by Crippen LogP contribution is -2.36. The molecule has 154 valence electrons. The fourth-order valence-electron chi connectivity index (χ4n) is 2.98. The number of hydrogen-bond donors (Lipinski definition) is 2. The Morgan fingerprint density at radius 3 is 2.62 bits per heavy atom. The molecule has 1 aliphatic heterocycles. The number of aliphatic imine (C=N–C) groups is 1. The van der Waals surface area contributed by atoms with Crippen LogP contribution in [0.3, 0.4) is 0 Å². The van der Waals surface area contributed by atoms with E-state index in [2.05, 4.69) is 10.3 Å². The number of nitrogens with two attached hydrogens (primary N) is 1. The maximum atomic E-state index is 12.4. The van der Waals surface area contributed by atoms with E-state index in [1.54, 1.807) is 0 Å². The van der Waals surface area contributed by atoms with Crippen LogP contribution in [0.25, 0.3) is 0 Å². The Labute approximate surface area is 176 Å². The summed E-state index contributed by atoms with van der Waals surface area (Å²) in [5.74, 6) is 1.09. The fraction of sp³-hybridized carbons (Fsp3) is 0.364. The predicted molar refractivity (Wildman–Crippen MR) is 115 cm³/mol. The number of hydrogen-bond acceptors (Lipinski definition) is 5. The van der Waals surface area contributed by atoms with E-state index in [4.69, 9.17) is 26.8 Å². The highest BCUT2D eigenvalue weighted by Gasteiger charge is 2.24. The molecule has 0 saturated heterocycles. The number of amidine groups is 1. The van der Waals surface area contributed by atoms with Crippen molar-refractivity contribution < 1.29 is 14.3 Å². The third kappa shape index (κ3) is 5.64. The van der Waals surface area contributed by atoms with E-state index in [1.807, 2.05) is 70.2 Å². The predicted octanol–water partition coefficient (Wildman–Crippen LogP) is 4.92. The molecule has 3 N–H and O–H groups in total. The molecule has 2 aromatic rings. The molecule has 0 fully saturated rings.